The molecule has 2 amide bonds. The largest absolute Gasteiger partial charge is 0.482 e. The quantitative estimate of drug-likeness (QED) is 0.220. The summed E-state index contributed by atoms with van der Waals surface area (Å²) >= 11 is 19.8. The number of aromatic nitrogens is 4. The lowest BCUT2D eigenvalue weighted by molar-refractivity contribution is -0.123. The summed E-state index contributed by atoms with van der Waals surface area (Å²) in [7, 11) is 0. The topological polar surface area (TPSA) is 124 Å². The average Bonchev–Trinajstić information content (AvgIpc) is 3.36. The molecule has 2 N–H and O–H groups in total. The van der Waals surface area contributed by atoms with Gasteiger partial charge in [-0.1, -0.05) is 40.0 Å². The molecule has 10 nitrogen and oxygen atoms in total. The number of carbonyl (C=O) groups is 2. The highest BCUT2D eigenvalue weighted by Gasteiger charge is 2.15. The van der Waals surface area contributed by atoms with E-state index in [9.17, 15) is 9.59 Å². The molecular weight excluding hydrogens is 585 g/mol. The number of carbonyl (C=O) groups excluding carboxylic acids is 2. The van der Waals surface area contributed by atoms with Crippen LogP contribution in [0.25, 0.3) is 0 Å². The third-order valence-corrected chi connectivity index (χ3v) is 5.21. The second-order valence-corrected chi connectivity index (χ2v) is 8.43. The zero-order valence-electron chi connectivity index (χ0n) is 15.6. The Labute approximate surface area is 204 Å². The van der Waals surface area contributed by atoms with Gasteiger partial charge in [0.1, 0.15) is 12.3 Å². The lowest BCUT2D eigenvalue weighted by Crippen LogP contribution is -2.36. The summed E-state index contributed by atoms with van der Waals surface area (Å²) in [5, 5.41) is 13.8. The fourth-order valence-corrected chi connectivity index (χ4v) is 3.28. The molecule has 0 saturated heterocycles. The van der Waals surface area contributed by atoms with E-state index in [0.717, 1.165) is 3.57 Å². The van der Waals surface area contributed by atoms with E-state index < -0.39 is 11.8 Å². The van der Waals surface area contributed by atoms with Crippen LogP contribution in [-0.2, 0) is 11.3 Å². The zero-order valence-corrected chi connectivity index (χ0v) is 20.0. The zero-order chi connectivity index (χ0) is 22.4. The summed E-state index contributed by atoms with van der Waals surface area (Å²) in [4.78, 5) is 28.0. The van der Waals surface area contributed by atoms with Crippen molar-refractivity contribution < 1.29 is 18.8 Å². The summed E-state index contributed by atoms with van der Waals surface area (Å²) in [6.45, 7) is 0.298. The molecule has 0 fully saturated rings. The van der Waals surface area contributed by atoms with Crippen LogP contribution in [0.1, 0.15) is 16.5 Å². The number of hydrogen-bond acceptors (Lipinski definition) is 7. The highest BCUT2D eigenvalue weighted by atomic mass is 127. The van der Waals surface area contributed by atoms with Crippen molar-refractivity contribution in [1.29, 1.82) is 0 Å². The predicted octanol–water partition coefficient (Wildman–Crippen LogP) is 2.80. The minimum absolute atomic E-state index is 0.146. The Bertz CT molecular complexity index is 1090. The fourth-order valence-electron chi connectivity index (χ4n) is 2.24. The van der Waals surface area contributed by atoms with Gasteiger partial charge in [0, 0.05) is 25.4 Å². The van der Waals surface area contributed by atoms with Crippen molar-refractivity contribution >= 4 is 69.2 Å². The van der Waals surface area contributed by atoms with Crippen LogP contribution in [0.4, 0.5) is 0 Å². The van der Waals surface area contributed by atoms with Crippen LogP contribution in [0.3, 0.4) is 0 Å². The summed E-state index contributed by atoms with van der Waals surface area (Å²) in [5.41, 5.74) is 0. The summed E-state index contributed by atoms with van der Waals surface area (Å²) in [6.07, 6.45) is 3.49. The normalized spacial score (nSPS) is 10.7. The van der Waals surface area contributed by atoms with Crippen molar-refractivity contribution in [2.24, 2.45) is 0 Å². The SMILES string of the molecule is O=C(COc1cc(Cl)c(Cl)cc1Cl)NCCNC(=O)c1nc(Cn2cc(I)cn2)no1. The maximum absolute atomic E-state index is 12.1. The van der Waals surface area contributed by atoms with Gasteiger partial charge in [0.25, 0.3) is 5.91 Å². The molecule has 0 unspecified atom stereocenters. The smallest absolute Gasteiger partial charge is 0.316 e. The molecule has 31 heavy (non-hydrogen) atoms. The van der Waals surface area contributed by atoms with Gasteiger partial charge in [-0.05, 0) is 28.7 Å². The Hall–Kier alpha value is -2.09. The van der Waals surface area contributed by atoms with E-state index in [1.807, 2.05) is 0 Å². The van der Waals surface area contributed by atoms with E-state index in [2.05, 4.69) is 48.5 Å². The summed E-state index contributed by atoms with van der Waals surface area (Å²) in [5.74, 6) is -0.597. The Morgan fingerprint density at radius 2 is 1.87 bits per heavy atom. The van der Waals surface area contributed by atoms with Crippen LogP contribution in [0.2, 0.25) is 15.1 Å². The van der Waals surface area contributed by atoms with Gasteiger partial charge in [0.05, 0.1) is 24.8 Å². The molecule has 14 heteroatoms. The van der Waals surface area contributed by atoms with Crippen molar-refractivity contribution in [2.45, 2.75) is 6.54 Å². The van der Waals surface area contributed by atoms with Crippen LogP contribution in [0, 0.1) is 3.57 Å². The first-order valence-corrected chi connectivity index (χ1v) is 10.9. The molecule has 1 aromatic carbocycles. The Kier molecular flexibility index (Phi) is 8.35. The molecule has 0 atom stereocenters. The lowest BCUT2D eigenvalue weighted by atomic mass is 10.3. The predicted molar refractivity (Wildman–Crippen MR) is 121 cm³/mol. The van der Waals surface area contributed by atoms with Gasteiger partial charge in [0.2, 0.25) is 0 Å². The van der Waals surface area contributed by atoms with Crippen LogP contribution in [-0.4, -0.2) is 51.4 Å². The van der Waals surface area contributed by atoms with E-state index in [4.69, 9.17) is 44.1 Å². The Balaban J connectivity index is 1.37. The number of nitrogens with one attached hydrogen (secondary N) is 2. The molecule has 0 saturated carbocycles. The fraction of sp³-hybridized carbons (Fsp3) is 0.235. The van der Waals surface area contributed by atoms with Gasteiger partial charge >= 0.3 is 11.8 Å². The minimum Gasteiger partial charge on any atom is -0.482 e. The molecule has 3 aromatic rings. The van der Waals surface area contributed by atoms with Gasteiger partial charge < -0.3 is 19.9 Å². The highest BCUT2D eigenvalue weighted by Crippen LogP contribution is 2.33. The van der Waals surface area contributed by atoms with E-state index in [0.29, 0.717) is 5.82 Å². The molecule has 0 bridgehead atoms. The molecular formula is C17H14Cl3IN6O4. The van der Waals surface area contributed by atoms with E-state index in [-0.39, 0.29) is 52.9 Å². The molecule has 0 aliphatic rings. The Morgan fingerprint density at radius 3 is 2.61 bits per heavy atom. The minimum atomic E-state index is -0.554. The number of ether oxygens (including phenoxy) is 1. The highest BCUT2D eigenvalue weighted by molar-refractivity contribution is 14.1. The number of amides is 2. The molecule has 0 spiro atoms. The first-order chi connectivity index (χ1) is 14.8. The van der Waals surface area contributed by atoms with Gasteiger partial charge in [-0.25, -0.2) is 0 Å². The van der Waals surface area contributed by atoms with Gasteiger partial charge in [-0.2, -0.15) is 10.1 Å². The second-order valence-electron chi connectivity index (χ2n) is 5.96. The monoisotopic (exact) mass is 598 g/mol. The molecule has 2 heterocycles. The first-order valence-electron chi connectivity index (χ1n) is 8.64. The first kappa shape index (κ1) is 23.6. The average molecular weight is 600 g/mol. The van der Waals surface area contributed by atoms with E-state index >= 15 is 0 Å². The molecule has 3 rings (SSSR count). The second kappa shape index (κ2) is 11.0. The number of nitrogens with zero attached hydrogens (tertiary/aromatic N) is 4. The van der Waals surface area contributed by atoms with Gasteiger partial charge in [-0.15, -0.1) is 0 Å². The van der Waals surface area contributed by atoms with Crippen LogP contribution in [0.5, 0.6) is 5.75 Å². The van der Waals surface area contributed by atoms with Gasteiger partial charge in [0.15, 0.2) is 12.4 Å². The van der Waals surface area contributed by atoms with Crippen molar-refractivity contribution in [3.05, 3.63) is 54.9 Å². The summed E-state index contributed by atoms with van der Waals surface area (Å²) < 4.78 is 12.9. The number of halogens is 4. The van der Waals surface area contributed by atoms with Crippen molar-refractivity contribution in [2.75, 3.05) is 19.7 Å². The van der Waals surface area contributed by atoms with Crippen molar-refractivity contribution in [3.8, 4) is 5.75 Å². The molecule has 0 aliphatic carbocycles. The van der Waals surface area contributed by atoms with Gasteiger partial charge in [-0.3, -0.25) is 14.3 Å². The standard InChI is InChI=1S/C17H14Cl3IN6O4/c18-10-3-12(20)13(4-11(10)19)30-8-15(28)22-1-2-23-16(29)17-25-14(26-31-17)7-27-6-9(21)5-24-27/h3-6H,1-2,7-8H2,(H,22,28)(H,23,29). The van der Waals surface area contributed by atoms with Crippen LogP contribution < -0.4 is 15.4 Å². The molecule has 0 radical (unpaired) electrons. The van der Waals surface area contributed by atoms with E-state index in [1.54, 1.807) is 17.1 Å². The lowest BCUT2D eigenvalue weighted by Gasteiger charge is -2.10. The van der Waals surface area contributed by atoms with Crippen molar-refractivity contribution in [1.82, 2.24) is 30.6 Å². The van der Waals surface area contributed by atoms with Crippen molar-refractivity contribution in [3.63, 3.8) is 0 Å². The third-order valence-electron chi connectivity index (χ3n) is 3.63. The summed E-state index contributed by atoms with van der Waals surface area (Å²) in [6, 6.07) is 2.85. The molecule has 164 valence electrons. The number of rotatable bonds is 9. The Morgan fingerprint density at radius 1 is 1.13 bits per heavy atom. The molecule has 2 aromatic heterocycles. The number of hydrogen-bond donors (Lipinski definition) is 2. The van der Waals surface area contributed by atoms with E-state index in [1.165, 1.54) is 12.1 Å². The molecule has 0 aliphatic heterocycles. The van der Waals surface area contributed by atoms with Crippen LogP contribution in [0.15, 0.2) is 29.0 Å². The van der Waals surface area contributed by atoms with Crippen LogP contribution >= 0.6 is 57.4 Å². The maximum atomic E-state index is 12.1. The number of benzene rings is 1. The third kappa shape index (κ3) is 6.95. The maximum Gasteiger partial charge on any atom is 0.316 e.